The topological polar surface area (TPSA) is 65.4 Å². The Morgan fingerprint density at radius 2 is 2.23 bits per heavy atom. The highest BCUT2D eigenvalue weighted by atomic mass is 16.5. The molecule has 3 rings (SSSR count). The van der Waals surface area contributed by atoms with Gasteiger partial charge < -0.3 is 14.8 Å². The van der Waals surface area contributed by atoms with Gasteiger partial charge in [-0.1, -0.05) is 0 Å². The summed E-state index contributed by atoms with van der Waals surface area (Å²) in [6.45, 7) is 8.41. The molecule has 0 aliphatic carbocycles. The zero-order valence-corrected chi connectivity index (χ0v) is 15.9. The third-order valence-corrected chi connectivity index (χ3v) is 4.51. The predicted octanol–water partition coefficient (Wildman–Crippen LogP) is 3.41. The molecular formula is C20H25N3O3. The number of aromatic nitrogens is 2. The number of rotatable bonds is 5. The van der Waals surface area contributed by atoms with Gasteiger partial charge in [0.25, 0.3) is 0 Å². The molecule has 1 aliphatic heterocycles. The summed E-state index contributed by atoms with van der Waals surface area (Å²) in [6.07, 6.45) is 4.30. The number of hydrogen-bond donors (Lipinski definition) is 1. The third-order valence-electron chi connectivity index (χ3n) is 4.51. The molecule has 6 heteroatoms. The van der Waals surface area contributed by atoms with Crippen LogP contribution in [0, 0.1) is 13.8 Å². The van der Waals surface area contributed by atoms with Crippen molar-refractivity contribution < 1.29 is 14.3 Å². The SMILES string of the molecule is CCOc1cc2c(cc1C=CC(=O)Nc1c(C)c(C)nn1C)OC(C)C2. The molecular weight excluding hydrogens is 330 g/mol. The number of carbonyl (C=O) groups excluding carboxylic acids is 1. The van der Waals surface area contributed by atoms with Gasteiger partial charge >= 0.3 is 0 Å². The van der Waals surface area contributed by atoms with E-state index in [0.29, 0.717) is 12.4 Å². The summed E-state index contributed by atoms with van der Waals surface area (Å²) in [4.78, 5) is 12.3. The predicted molar refractivity (Wildman–Crippen MR) is 102 cm³/mol. The van der Waals surface area contributed by atoms with Crippen LogP contribution in [0.25, 0.3) is 6.08 Å². The Morgan fingerprint density at radius 1 is 1.46 bits per heavy atom. The van der Waals surface area contributed by atoms with Crippen molar-refractivity contribution in [3.8, 4) is 11.5 Å². The average Bonchev–Trinajstić information content (AvgIpc) is 3.06. The van der Waals surface area contributed by atoms with Gasteiger partial charge in [0.2, 0.25) is 5.91 Å². The summed E-state index contributed by atoms with van der Waals surface area (Å²) in [7, 11) is 1.81. The maximum Gasteiger partial charge on any atom is 0.249 e. The zero-order chi connectivity index (χ0) is 18.8. The van der Waals surface area contributed by atoms with E-state index in [1.165, 1.54) is 6.08 Å². The molecule has 1 N–H and O–H groups in total. The Bertz CT molecular complexity index is 868. The van der Waals surface area contributed by atoms with E-state index >= 15 is 0 Å². The normalized spacial score (nSPS) is 15.8. The molecule has 0 spiro atoms. The van der Waals surface area contributed by atoms with E-state index in [1.807, 2.05) is 46.9 Å². The van der Waals surface area contributed by atoms with Crippen LogP contribution in [0.15, 0.2) is 18.2 Å². The lowest BCUT2D eigenvalue weighted by atomic mass is 10.1. The first-order chi connectivity index (χ1) is 12.4. The smallest absolute Gasteiger partial charge is 0.249 e. The van der Waals surface area contributed by atoms with Gasteiger partial charge in [0, 0.05) is 36.2 Å². The van der Waals surface area contributed by atoms with Crippen LogP contribution in [-0.2, 0) is 18.3 Å². The Morgan fingerprint density at radius 3 is 2.88 bits per heavy atom. The summed E-state index contributed by atoms with van der Waals surface area (Å²) >= 11 is 0. The molecule has 1 atom stereocenters. The van der Waals surface area contributed by atoms with Crippen LogP contribution in [-0.4, -0.2) is 28.4 Å². The van der Waals surface area contributed by atoms with Gasteiger partial charge in [-0.2, -0.15) is 5.10 Å². The molecule has 0 fully saturated rings. The van der Waals surface area contributed by atoms with Crippen LogP contribution in [0.5, 0.6) is 11.5 Å². The zero-order valence-electron chi connectivity index (χ0n) is 15.9. The Balaban J connectivity index is 1.81. The largest absolute Gasteiger partial charge is 0.493 e. The summed E-state index contributed by atoms with van der Waals surface area (Å²) in [6, 6.07) is 3.95. The van der Waals surface area contributed by atoms with E-state index in [-0.39, 0.29) is 12.0 Å². The second-order valence-corrected chi connectivity index (χ2v) is 6.57. The number of aryl methyl sites for hydroxylation is 2. The highest BCUT2D eigenvalue weighted by molar-refractivity contribution is 6.02. The molecule has 1 aliphatic rings. The summed E-state index contributed by atoms with van der Waals surface area (Å²) < 4.78 is 13.2. The standard InChI is InChI=1S/C20H25N3O3/c1-6-25-17-11-16-9-12(2)26-18(16)10-15(17)7-8-19(24)21-20-13(3)14(4)22-23(20)5/h7-8,10-12H,6,9H2,1-5H3,(H,21,24). The summed E-state index contributed by atoms with van der Waals surface area (Å²) in [5, 5.41) is 7.19. The number of nitrogens with one attached hydrogen (secondary N) is 1. The molecule has 0 bridgehead atoms. The number of amides is 1. The van der Waals surface area contributed by atoms with Crippen LogP contribution in [0.3, 0.4) is 0 Å². The highest BCUT2D eigenvalue weighted by Gasteiger charge is 2.21. The molecule has 0 radical (unpaired) electrons. The molecule has 138 valence electrons. The van der Waals surface area contributed by atoms with Gasteiger partial charge in [-0.3, -0.25) is 9.48 Å². The third kappa shape index (κ3) is 3.59. The fourth-order valence-corrected chi connectivity index (χ4v) is 3.13. The number of fused-ring (bicyclic) bond motifs is 1. The van der Waals surface area contributed by atoms with Crippen LogP contribution >= 0.6 is 0 Å². The number of anilines is 1. The molecule has 1 aromatic heterocycles. The van der Waals surface area contributed by atoms with Gasteiger partial charge in [0.15, 0.2) is 0 Å². The number of carbonyl (C=O) groups is 1. The quantitative estimate of drug-likeness (QED) is 0.835. The molecule has 2 heterocycles. The molecule has 0 saturated carbocycles. The lowest BCUT2D eigenvalue weighted by Gasteiger charge is -2.10. The number of hydrogen-bond acceptors (Lipinski definition) is 4. The van der Waals surface area contributed by atoms with Crippen molar-refractivity contribution in [3.05, 3.63) is 40.6 Å². The van der Waals surface area contributed by atoms with E-state index in [2.05, 4.69) is 10.4 Å². The molecule has 1 aromatic carbocycles. The van der Waals surface area contributed by atoms with Gasteiger partial charge in [-0.25, -0.2) is 0 Å². The first kappa shape index (κ1) is 18.0. The molecule has 1 unspecified atom stereocenters. The first-order valence-electron chi connectivity index (χ1n) is 8.84. The van der Waals surface area contributed by atoms with E-state index in [4.69, 9.17) is 9.47 Å². The van der Waals surface area contributed by atoms with Crippen molar-refractivity contribution in [1.29, 1.82) is 0 Å². The van der Waals surface area contributed by atoms with Crippen molar-refractivity contribution in [3.63, 3.8) is 0 Å². The highest BCUT2D eigenvalue weighted by Crippen LogP contribution is 2.35. The Kier molecular flexibility index (Phi) is 5.02. The maximum absolute atomic E-state index is 12.3. The summed E-state index contributed by atoms with van der Waals surface area (Å²) in [5.74, 6) is 2.11. The van der Waals surface area contributed by atoms with E-state index in [9.17, 15) is 4.79 Å². The van der Waals surface area contributed by atoms with Crippen molar-refractivity contribution >= 4 is 17.8 Å². The van der Waals surface area contributed by atoms with Crippen molar-refractivity contribution in [1.82, 2.24) is 9.78 Å². The van der Waals surface area contributed by atoms with Gasteiger partial charge in [0.05, 0.1) is 12.3 Å². The summed E-state index contributed by atoms with van der Waals surface area (Å²) in [5.41, 5.74) is 3.83. The number of ether oxygens (including phenoxy) is 2. The monoisotopic (exact) mass is 355 g/mol. The first-order valence-corrected chi connectivity index (χ1v) is 8.84. The number of benzene rings is 1. The fraction of sp³-hybridized carbons (Fsp3) is 0.400. The van der Waals surface area contributed by atoms with Crippen molar-refractivity contribution in [2.75, 3.05) is 11.9 Å². The Hall–Kier alpha value is -2.76. The second kappa shape index (κ2) is 7.23. The fourth-order valence-electron chi connectivity index (χ4n) is 3.13. The van der Waals surface area contributed by atoms with Crippen LogP contribution in [0.1, 0.15) is 36.2 Å². The number of nitrogens with zero attached hydrogens (tertiary/aromatic N) is 2. The molecule has 0 saturated heterocycles. The second-order valence-electron chi connectivity index (χ2n) is 6.57. The van der Waals surface area contributed by atoms with Crippen LogP contribution in [0.2, 0.25) is 0 Å². The Labute approximate surface area is 153 Å². The van der Waals surface area contributed by atoms with E-state index in [0.717, 1.165) is 40.3 Å². The molecule has 26 heavy (non-hydrogen) atoms. The minimum atomic E-state index is -0.215. The molecule has 2 aromatic rings. The van der Waals surface area contributed by atoms with Gasteiger partial charge in [-0.15, -0.1) is 0 Å². The molecule has 1 amide bonds. The van der Waals surface area contributed by atoms with Gasteiger partial charge in [-0.05, 0) is 45.9 Å². The van der Waals surface area contributed by atoms with Crippen molar-refractivity contribution in [2.24, 2.45) is 7.05 Å². The van der Waals surface area contributed by atoms with Crippen LogP contribution < -0.4 is 14.8 Å². The van der Waals surface area contributed by atoms with Gasteiger partial charge in [0.1, 0.15) is 23.4 Å². The maximum atomic E-state index is 12.3. The lowest BCUT2D eigenvalue weighted by molar-refractivity contribution is -0.111. The lowest BCUT2D eigenvalue weighted by Crippen LogP contribution is -2.12. The molecule has 6 nitrogen and oxygen atoms in total. The average molecular weight is 355 g/mol. The van der Waals surface area contributed by atoms with Crippen LogP contribution in [0.4, 0.5) is 5.82 Å². The minimum Gasteiger partial charge on any atom is -0.493 e. The minimum absolute atomic E-state index is 0.165. The van der Waals surface area contributed by atoms with Crippen molar-refractivity contribution in [2.45, 2.75) is 40.2 Å². The van der Waals surface area contributed by atoms with E-state index < -0.39 is 0 Å². The van der Waals surface area contributed by atoms with E-state index in [1.54, 1.807) is 10.8 Å².